The highest BCUT2D eigenvalue weighted by Crippen LogP contribution is 2.46. The third-order valence-electron chi connectivity index (χ3n) is 12.0. The van der Waals surface area contributed by atoms with Crippen molar-refractivity contribution >= 4 is 48.7 Å². The van der Waals surface area contributed by atoms with Gasteiger partial charge in [-0.2, -0.15) is 9.97 Å². The third kappa shape index (κ3) is 10.6. The minimum absolute atomic E-state index is 0.0439. The van der Waals surface area contributed by atoms with E-state index in [1.807, 2.05) is 148 Å². The van der Waals surface area contributed by atoms with Crippen LogP contribution in [-0.2, 0) is 29.0 Å². The first-order chi connectivity index (χ1) is 33.9. The van der Waals surface area contributed by atoms with Crippen molar-refractivity contribution < 1.29 is 42.4 Å². The van der Waals surface area contributed by atoms with Gasteiger partial charge < -0.3 is 23.7 Å². The maximum Gasteiger partial charge on any atom is 0.616 e. The number of nitrogens with one attached hydrogen (secondary N) is 1. The molecule has 0 aliphatic carbocycles. The van der Waals surface area contributed by atoms with Crippen LogP contribution in [0.4, 0.5) is 22.1 Å². The van der Waals surface area contributed by atoms with Crippen LogP contribution >= 0.6 is 8.18 Å². The second-order valence-electron chi connectivity index (χ2n) is 17.1. The number of nitrogens with zero attached hydrogens (tertiary/aromatic N) is 6. The minimum atomic E-state index is -2.37. The molecule has 2 amide bonds. The zero-order valence-corrected chi connectivity index (χ0v) is 41.1. The van der Waals surface area contributed by atoms with E-state index in [2.05, 4.69) is 15.3 Å². The number of carbonyl (C=O) groups excluding carboxylic acids is 2. The van der Waals surface area contributed by atoms with Crippen LogP contribution in [0.1, 0.15) is 70.4 Å². The maximum atomic E-state index is 14.3. The molecule has 362 valence electrons. The summed E-state index contributed by atoms with van der Waals surface area (Å²) in [6, 6.07) is 43.2. The van der Waals surface area contributed by atoms with Gasteiger partial charge in [0.15, 0.2) is 11.2 Å². The van der Waals surface area contributed by atoms with E-state index in [0.29, 0.717) is 22.9 Å². The van der Waals surface area contributed by atoms with Gasteiger partial charge in [0, 0.05) is 12.8 Å². The minimum Gasteiger partial charge on any atom is -0.497 e. The van der Waals surface area contributed by atoms with Crippen molar-refractivity contribution in [2.24, 2.45) is 0 Å². The van der Waals surface area contributed by atoms with Crippen molar-refractivity contribution in [3.05, 3.63) is 163 Å². The Bertz CT molecular complexity index is 2780. The maximum absolute atomic E-state index is 14.3. The number of fused-ring (bicyclic) bond motifs is 1. The Balaban J connectivity index is 1.20. The summed E-state index contributed by atoms with van der Waals surface area (Å²) in [6.45, 7) is 9.54. The van der Waals surface area contributed by atoms with Gasteiger partial charge in [-0.3, -0.25) is 14.7 Å². The lowest BCUT2D eigenvalue weighted by molar-refractivity contribution is -0.115. The molecule has 7 aromatic rings. The lowest BCUT2D eigenvalue weighted by Crippen LogP contribution is -2.39. The Morgan fingerprint density at radius 2 is 1.30 bits per heavy atom. The van der Waals surface area contributed by atoms with Crippen LogP contribution in [0, 0.1) is 0 Å². The third-order valence-corrected chi connectivity index (χ3v) is 13.7. The molecule has 2 aromatic heterocycles. The topological polar surface area (TPSA) is 169 Å². The lowest BCUT2D eigenvalue weighted by atomic mass is 9.80. The molecule has 1 aliphatic heterocycles. The number of anilines is 3. The molecule has 0 radical (unpaired) electrons. The van der Waals surface area contributed by atoms with Crippen LogP contribution in [-0.4, -0.2) is 81.3 Å². The second-order valence-corrected chi connectivity index (χ2v) is 18.2. The number of ether oxygens (including phenoxy) is 5. The van der Waals surface area contributed by atoms with Gasteiger partial charge in [-0.1, -0.05) is 103 Å². The molecule has 4 atom stereocenters. The van der Waals surface area contributed by atoms with Crippen LogP contribution in [0.25, 0.3) is 11.2 Å². The fourth-order valence-corrected chi connectivity index (χ4v) is 9.96. The number of para-hydroxylation sites is 2. The number of benzene rings is 5. The number of hydrogen-bond donors (Lipinski definition) is 1. The van der Waals surface area contributed by atoms with Gasteiger partial charge in [-0.15, -0.1) is 4.52 Å². The molecule has 16 nitrogen and oxygen atoms in total. The summed E-state index contributed by atoms with van der Waals surface area (Å²) in [7, 11) is 0.868. The van der Waals surface area contributed by atoms with Crippen LogP contribution < -0.4 is 24.4 Å². The second kappa shape index (κ2) is 22.1. The fraction of sp³-hybridized carbons (Fsp3) is 0.302. The number of carbonyl (C=O) groups is 2. The number of rotatable bonds is 19. The summed E-state index contributed by atoms with van der Waals surface area (Å²) in [5.74, 6) is 0.688. The van der Waals surface area contributed by atoms with Crippen molar-refractivity contribution in [1.29, 1.82) is 0 Å². The van der Waals surface area contributed by atoms with Crippen LogP contribution in [0.2, 0.25) is 0 Å². The molecule has 1 saturated heterocycles. The Hall–Kier alpha value is -7.07. The van der Waals surface area contributed by atoms with E-state index in [0.717, 1.165) is 16.7 Å². The normalized spacial score (nSPS) is 16.1. The van der Waals surface area contributed by atoms with Gasteiger partial charge in [0.2, 0.25) is 11.9 Å². The van der Waals surface area contributed by atoms with E-state index in [-0.39, 0.29) is 60.4 Å². The molecule has 70 heavy (non-hydrogen) atoms. The van der Waals surface area contributed by atoms with Crippen LogP contribution in [0.15, 0.2) is 146 Å². The zero-order chi connectivity index (χ0) is 49.4. The molecule has 17 heteroatoms. The van der Waals surface area contributed by atoms with Crippen molar-refractivity contribution in [2.45, 2.75) is 83.6 Å². The van der Waals surface area contributed by atoms with Gasteiger partial charge in [-0.05, 0) is 97.5 Å². The largest absolute Gasteiger partial charge is 0.616 e. The summed E-state index contributed by atoms with van der Waals surface area (Å²) < 4.78 is 55.8. The molecule has 1 fully saturated rings. The number of hydrogen-bond acceptors (Lipinski definition) is 12. The summed E-state index contributed by atoms with van der Waals surface area (Å²) in [5.41, 5.74) is 2.69. The fourth-order valence-electron chi connectivity index (χ4n) is 8.64. The Kier molecular flexibility index (Phi) is 15.6. The molecular weight excluding hydrogens is 910 g/mol. The number of aromatic nitrogens is 4. The van der Waals surface area contributed by atoms with E-state index >= 15 is 0 Å². The standard InChI is InChI=1S/C53H56N7O9P/c1-8-46(61)55-51-56-49-48(50(57-51)68-52(62)59(40-20-14-10-15-21-40)41-22-16-11-17-23-41)54-34-58(49)47-32-44(69-70(63)60(35(2)3)36(4)5)45(67-47)33-66-53(37-18-12-9-13-19-37,38-24-28-42(64-6)29-25-38)39-26-30-43(65-7)31-27-39/h9-31,34-36,44-45,47H,8,32-33H2,1-7H3/p+1/t44-,45+,47+/m0/s1. The number of amides is 2. The first-order valence-corrected chi connectivity index (χ1v) is 24.3. The first-order valence-electron chi connectivity index (χ1n) is 23.2. The molecule has 3 heterocycles. The average molecular weight is 967 g/mol. The summed E-state index contributed by atoms with van der Waals surface area (Å²) >= 11 is 0. The van der Waals surface area contributed by atoms with E-state index < -0.39 is 38.3 Å². The molecule has 0 spiro atoms. The molecule has 1 N–H and O–H groups in total. The predicted octanol–water partition coefficient (Wildman–Crippen LogP) is 11.0. The van der Waals surface area contributed by atoms with Gasteiger partial charge >= 0.3 is 14.3 Å². The average Bonchev–Trinajstić information content (AvgIpc) is 3.99. The molecule has 5 aromatic carbocycles. The van der Waals surface area contributed by atoms with Crippen LogP contribution in [0.3, 0.4) is 0 Å². The van der Waals surface area contributed by atoms with E-state index in [4.69, 9.17) is 33.2 Å². The van der Waals surface area contributed by atoms with Crippen molar-refractivity contribution in [2.75, 3.05) is 31.0 Å². The highest BCUT2D eigenvalue weighted by molar-refractivity contribution is 7.36. The molecule has 0 saturated carbocycles. The van der Waals surface area contributed by atoms with Crippen molar-refractivity contribution in [1.82, 2.24) is 24.2 Å². The van der Waals surface area contributed by atoms with E-state index in [1.165, 1.54) is 11.2 Å². The Morgan fingerprint density at radius 1 is 0.771 bits per heavy atom. The Morgan fingerprint density at radius 3 is 1.81 bits per heavy atom. The summed E-state index contributed by atoms with van der Waals surface area (Å²) in [6.07, 6.45) is -1.37. The molecular formula is C53H57N7O9P+. The van der Waals surface area contributed by atoms with Crippen molar-refractivity contribution in [3.63, 3.8) is 0 Å². The number of methoxy groups -OCH3 is 2. The van der Waals surface area contributed by atoms with E-state index in [9.17, 15) is 14.2 Å². The first kappa shape index (κ1) is 49.4. The predicted molar refractivity (Wildman–Crippen MR) is 267 cm³/mol. The van der Waals surface area contributed by atoms with Crippen molar-refractivity contribution in [3.8, 4) is 17.4 Å². The molecule has 8 rings (SSSR count). The quantitative estimate of drug-likeness (QED) is 0.0601. The highest BCUT2D eigenvalue weighted by Gasteiger charge is 2.48. The van der Waals surface area contributed by atoms with Gasteiger partial charge in [0.05, 0.1) is 50.6 Å². The van der Waals surface area contributed by atoms with Gasteiger partial charge in [0.25, 0.3) is 5.88 Å². The lowest BCUT2D eigenvalue weighted by Gasteiger charge is -2.37. The van der Waals surface area contributed by atoms with Crippen LogP contribution in [0.5, 0.6) is 17.4 Å². The smallest absolute Gasteiger partial charge is 0.497 e. The zero-order valence-electron chi connectivity index (χ0n) is 40.2. The van der Waals surface area contributed by atoms with E-state index in [1.54, 1.807) is 50.0 Å². The molecule has 0 bridgehead atoms. The highest BCUT2D eigenvalue weighted by atomic mass is 31.1. The summed E-state index contributed by atoms with van der Waals surface area (Å²) in [5, 5.41) is 2.72. The SMILES string of the molecule is CCC(=O)Nc1nc(OC(=O)N(c2ccccc2)c2ccccc2)c2ncn([C@H]3C[C@H](O[P+](=O)N(C(C)C)C(C)C)[C@@H](COC(c4ccccc4)(c4ccc(OC)cc4)c4ccc(OC)cc4)O3)c2n1. The monoisotopic (exact) mass is 966 g/mol. The van der Waals surface area contributed by atoms with Gasteiger partial charge in [-0.25, -0.2) is 14.7 Å². The number of imidazole rings is 1. The Labute approximate surface area is 408 Å². The summed E-state index contributed by atoms with van der Waals surface area (Å²) in [4.78, 5) is 42.4. The molecule has 1 aliphatic rings. The van der Waals surface area contributed by atoms with Gasteiger partial charge in [0.1, 0.15) is 35.5 Å². The molecule has 1 unspecified atom stereocenters.